The molecular formula is C16H16N6O3. The minimum atomic E-state index is -0.639. The fourth-order valence-electron chi connectivity index (χ4n) is 3.18. The van der Waals surface area contributed by atoms with Gasteiger partial charge in [0.25, 0.3) is 5.91 Å². The van der Waals surface area contributed by atoms with Crippen LogP contribution in [0.5, 0.6) is 0 Å². The third kappa shape index (κ3) is 2.63. The molecule has 2 fully saturated rings. The highest BCUT2D eigenvalue weighted by Gasteiger charge is 2.40. The van der Waals surface area contributed by atoms with Crippen LogP contribution >= 0.6 is 0 Å². The molecule has 0 unspecified atom stereocenters. The van der Waals surface area contributed by atoms with E-state index in [1.807, 2.05) is 30.3 Å². The van der Waals surface area contributed by atoms with Crippen LogP contribution in [0.15, 0.2) is 36.5 Å². The van der Waals surface area contributed by atoms with Gasteiger partial charge in [0, 0.05) is 13.1 Å². The van der Waals surface area contributed by atoms with Gasteiger partial charge in [-0.05, 0) is 12.1 Å². The number of fused-ring (bicyclic) bond motifs is 1. The van der Waals surface area contributed by atoms with Crippen molar-refractivity contribution in [3.8, 4) is 5.69 Å². The smallest absolute Gasteiger partial charge is 0.274 e. The van der Waals surface area contributed by atoms with Crippen molar-refractivity contribution in [2.75, 3.05) is 26.2 Å². The van der Waals surface area contributed by atoms with E-state index in [0.29, 0.717) is 18.8 Å². The van der Waals surface area contributed by atoms with Crippen molar-refractivity contribution in [2.24, 2.45) is 0 Å². The van der Waals surface area contributed by atoms with E-state index < -0.39 is 6.04 Å². The Bertz CT molecular complexity index is 833. The summed E-state index contributed by atoms with van der Waals surface area (Å²) < 4.78 is 1.47. The van der Waals surface area contributed by atoms with Crippen LogP contribution in [0.1, 0.15) is 10.5 Å². The first-order chi connectivity index (χ1) is 12.1. The highest BCUT2D eigenvalue weighted by molar-refractivity contribution is 5.97. The Morgan fingerprint density at radius 2 is 1.96 bits per heavy atom. The molecular weight excluding hydrogens is 324 g/mol. The quantitative estimate of drug-likeness (QED) is 0.760. The number of hydrogen-bond donors (Lipinski definition) is 1. The molecule has 0 spiro atoms. The van der Waals surface area contributed by atoms with Gasteiger partial charge in [0.15, 0.2) is 5.69 Å². The Morgan fingerprint density at radius 1 is 1.16 bits per heavy atom. The lowest BCUT2D eigenvalue weighted by Crippen LogP contribution is -2.66. The Labute approximate surface area is 143 Å². The van der Waals surface area contributed by atoms with Crippen molar-refractivity contribution >= 4 is 17.7 Å². The first-order valence-electron chi connectivity index (χ1n) is 7.98. The maximum Gasteiger partial charge on any atom is 0.274 e. The van der Waals surface area contributed by atoms with Gasteiger partial charge >= 0.3 is 0 Å². The molecule has 4 rings (SSSR count). The monoisotopic (exact) mass is 340 g/mol. The lowest BCUT2D eigenvalue weighted by atomic mass is 10.1. The van der Waals surface area contributed by atoms with Crippen molar-refractivity contribution in [3.05, 3.63) is 42.2 Å². The second kappa shape index (κ2) is 6.00. The summed E-state index contributed by atoms with van der Waals surface area (Å²) in [4.78, 5) is 40.0. The van der Waals surface area contributed by atoms with Crippen molar-refractivity contribution in [1.82, 2.24) is 30.1 Å². The summed E-state index contributed by atoms with van der Waals surface area (Å²) in [7, 11) is 0. The SMILES string of the molecule is O=C1NCC(=O)N2CCN(C(=O)c3cnnn3-c3ccccc3)C[C@H]12. The molecule has 0 saturated carbocycles. The molecule has 2 aliphatic rings. The van der Waals surface area contributed by atoms with Gasteiger partial charge in [0.1, 0.15) is 6.04 Å². The third-order valence-electron chi connectivity index (χ3n) is 4.47. The Kier molecular flexibility index (Phi) is 3.68. The first kappa shape index (κ1) is 15.3. The fraction of sp³-hybridized carbons (Fsp3) is 0.312. The van der Waals surface area contributed by atoms with Crippen molar-refractivity contribution in [2.45, 2.75) is 6.04 Å². The van der Waals surface area contributed by atoms with Crippen LogP contribution in [0.2, 0.25) is 0 Å². The molecule has 1 N–H and O–H groups in total. The number of nitrogens with one attached hydrogen (secondary N) is 1. The van der Waals surface area contributed by atoms with E-state index in [1.165, 1.54) is 15.8 Å². The molecule has 2 aromatic rings. The van der Waals surface area contributed by atoms with Gasteiger partial charge in [-0.15, -0.1) is 5.10 Å². The standard InChI is InChI=1S/C16H16N6O3/c23-14-9-17-15(24)13-10-20(6-7-21(13)14)16(25)12-8-18-19-22(12)11-4-2-1-3-5-11/h1-5,8,13H,6-7,9-10H2,(H,17,24)/t13-/m1/s1. The van der Waals surface area contributed by atoms with E-state index in [4.69, 9.17) is 0 Å². The number of benzene rings is 1. The highest BCUT2D eigenvalue weighted by atomic mass is 16.2. The summed E-state index contributed by atoms with van der Waals surface area (Å²) >= 11 is 0. The number of carbonyl (C=O) groups excluding carboxylic acids is 3. The summed E-state index contributed by atoms with van der Waals surface area (Å²) in [5, 5.41) is 10.4. The molecule has 2 saturated heterocycles. The summed E-state index contributed by atoms with van der Waals surface area (Å²) in [6, 6.07) is 8.59. The molecule has 0 bridgehead atoms. The third-order valence-corrected chi connectivity index (χ3v) is 4.47. The van der Waals surface area contributed by atoms with Gasteiger partial charge in [-0.25, -0.2) is 4.68 Å². The number of piperazine rings is 2. The molecule has 9 nitrogen and oxygen atoms in total. The van der Waals surface area contributed by atoms with Gasteiger partial charge < -0.3 is 15.1 Å². The number of para-hydroxylation sites is 1. The molecule has 128 valence electrons. The predicted octanol–water partition coefficient (Wildman–Crippen LogP) is -0.950. The maximum atomic E-state index is 12.9. The molecule has 9 heteroatoms. The average molecular weight is 340 g/mol. The van der Waals surface area contributed by atoms with Crippen LogP contribution in [-0.4, -0.2) is 74.7 Å². The number of nitrogens with zero attached hydrogens (tertiary/aromatic N) is 5. The summed E-state index contributed by atoms with van der Waals surface area (Å²) in [5.74, 6) is -0.612. The van der Waals surface area contributed by atoms with Crippen LogP contribution in [0.25, 0.3) is 5.69 Å². The number of rotatable bonds is 2. The average Bonchev–Trinajstić information content (AvgIpc) is 3.14. The number of amides is 3. The van der Waals surface area contributed by atoms with E-state index >= 15 is 0 Å². The number of aromatic nitrogens is 3. The van der Waals surface area contributed by atoms with Gasteiger partial charge in [-0.2, -0.15) is 0 Å². The zero-order valence-electron chi connectivity index (χ0n) is 13.3. The van der Waals surface area contributed by atoms with E-state index in [2.05, 4.69) is 15.6 Å². The molecule has 3 amide bonds. The lowest BCUT2D eigenvalue weighted by molar-refractivity contribution is -0.148. The number of carbonyl (C=O) groups is 3. The molecule has 1 aromatic heterocycles. The minimum Gasteiger partial charge on any atom is -0.345 e. The van der Waals surface area contributed by atoms with Crippen LogP contribution < -0.4 is 5.32 Å². The second-order valence-electron chi connectivity index (χ2n) is 5.94. The van der Waals surface area contributed by atoms with Gasteiger partial charge in [0.05, 0.1) is 25.0 Å². The van der Waals surface area contributed by atoms with E-state index in [9.17, 15) is 14.4 Å². The zero-order valence-corrected chi connectivity index (χ0v) is 13.3. The van der Waals surface area contributed by atoms with Gasteiger partial charge in [-0.3, -0.25) is 14.4 Å². The normalized spacial score (nSPS) is 20.2. The van der Waals surface area contributed by atoms with E-state index in [0.717, 1.165) is 5.69 Å². The zero-order chi connectivity index (χ0) is 17.4. The van der Waals surface area contributed by atoms with Crippen LogP contribution in [0.4, 0.5) is 0 Å². The Balaban J connectivity index is 1.58. The molecule has 2 aliphatic heterocycles. The van der Waals surface area contributed by atoms with Crippen LogP contribution in [0, 0.1) is 0 Å². The second-order valence-corrected chi connectivity index (χ2v) is 5.94. The topological polar surface area (TPSA) is 100 Å². The predicted molar refractivity (Wildman–Crippen MR) is 85.8 cm³/mol. The Hall–Kier alpha value is -3.23. The minimum absolute atomic E-state index is 0.0218. The first-order valence-corrected chi connectivity index (χ1v) is 7.98. The van der Waals surface area contributed by atoms with Crippen molar-refractivity contribution in [3.63, 3.8) is 0 Å². The van der Waals surface area contributed by atoms with E-state index in [1.54, 1.807) is 4.90 Å². The summed E-state index contributed by atoms with van der Waals surface area (Å²) in [6.45, 7) is 0.897. The summed E-state index contributed by atoms with van der Waals surface area (Å²) in [6.07, 6.45) is 1.41. The maximum absolute atomic E-state index is 12.9. The lowest BCUT2D eigenvalue weighted by Gasteiger charge is -2.42. The molecule has 0 aliphatic carbocycles. The van der Waals surface area contributed by atoms with Crippen LogP contribution in [0.3, 0.4) is 0 Å². The van der Waals surface area contributed by atoms with Gasteiger partial charge in [-0.1, -0.05) is 23.4 Å². The number of hydrogen-bond acceptors (Lipinski definition) is 5. The molecule has 3 heterocycles. The molecule has 0 radical (unpaired) electrons. The largest absolute Gasteiger partial charge is 0.345 e. The molecule has 1 atom stereocenters. The fourth-order valence-corrected chi connectivity index (χ4v) is 3.18. The Morgan fingerprint density at radius 3 is 2.76 bits per heavy atom. The summed E-state index contributed by atoms with van der Waals surface area (Å²) in [5.41, 5.74) is 1.05. The van der Waals surface area contributed by atoms with E-state index in [-0.39, 0.29) is 30.8 Å². The highest BCUT2D eigenvalue weighted by Crippen LogP contribution is 2.17. The van der Waals surface area contributed by atoms with Crippen molar-refractivity contribution < 1.29 is 14.4 Å². The van der Waals surface area contributed by atoms with Gasteiger partial charge in [0.2, 0.25) is 11.8 Å². The molecule has 1 aromatic carbocycles. The van der Waals surface area contributed by atoms with Crippen molar-refractivity contribution in [1.29, 1.82) is 0 Å². The van der Waals surface area contributed by atoms with Crippen LogP contribution in [-0.2, 0) is 9.59 Å². The molecule has 25 heavy (non-hydrogen) atoms.